The van der Waals surface area contributed by atoms with E-state index < -0.39 is 0 Å². The van der Waals surface area contributed by atoms with Crippen LogP contribution in [0.25, 0.3) is 11.1 Å². The normalized spacial score (nSPS) is 16.7. The van der Waals surface area contributed by atoms with E-state index >= 15 is 0 Å². The van der Waals surface area contributed by atoms with Gasteiger partial charge in [0.1, 0.15) is 0 Å². The molecule has 0 radical (unpaired) electrons. The number of anilines is 1. The number of hydrogen-bond acceptors (Lipinski definition) is 2. The second-order valence-corrected chi connectivity index (χ2v) is 6.88. The van der Waals surface area contributed by atoms with Gasteiger partial charge < -0.3 is 5.32 Å². The number of aryl methyl sites for hydroxylation is 1. The van der Waals surface area contributed by atoms with Crippen molar-refractivity contribution in [2.45, 2.75) is 19.3 Å². The summed E-state index contributed by atoms with van der Waals surface area (Å²) in [5, 5.41) is 5.25. The average Bonchev–Trinajstić information content (AvgIpc) is 2.99. The summed E-state index contributed by atoms with van der Waals surface area (Å²) < 4.78 is 0. The second-order valence-electron chi connectivity index (χ2n) is 5.97. The molecule has 1 atom stereocenters. The lowest BCUT2D eigenvalue weighted by Gasteiger charge is -2.24. The first kappa shape index (κ1) is 14.2. The minimum Gasteiger partial charge on any atom is -0.325 e. The molecule has 0 aliphatic carbocycles. The molecule has 4 rings (SSSR count). The van der Waals surface area contributed by atoms with Crippen molar-refractivity contribution < 1.29 is 4.79 Å². The van der Waals surface area contributed by atoms with Gasteiger partial charge in [-0.2, -0.15) is 0 Å². The van der Waals surface area contributed by atoms with Gasteiger partial charge in [0.15, 0.2) is 0 Å². The first-order valence-corrected chi connectivity index (χ1v) is 8.63. The quantitative estimate of drug-likeness (QED) is 0.691. The maximum atomic E-state index is 12.3. The number of benzene rings is 2. The van der Waals surface area contributed by atoms with Crippen molar-refractivity contribution in [2.75, 3.05) is 5.32 Å². The zero-order valence-electron chi connectivity index (χ0n) is 12.9. The van der Waals surface area contributed by atoms with E-state index in [1.807, 2.05) is 18.2 Å². The maximum Gasteiger partial charge on any atom is 0.225 e. The molecule has 3 aromatic rings. The molecule has 1 aliphatic rings. The van der Waals surface area contributed by atoms with Gasteiger partial charge in [0.25, 0.3) is 0 Å². The summed E-state index contributed by atoms with van der Waals surface area (Å²) in [6.07, 6.45) is 0.519. The Bertz CT molecular complexity index is 849. The Kier molecular flexibility index (Phi) is 3.50. The summed E-state index contributed by atoms with van der Waals surface area (Å²) in [6, 6.07) is 18.8. The van der Waals surface area contributed by atoms with E-state index in [2.05, 4.69) is 54.0 Å². The van der Waals surface area contributed by atoms with Crippen molar-refractivity contribution >= 4 is 22.9 Å². The van der Waals surface area contributed by atoms with Crippen molar-refractivity contribution in [3.8, 4) is 11.1 Å². The standard InChI is InChI=1S/C20H17NOS/c1-13-7-9-15(10-8-13)16-11-18(22)21-19-17(12-23-20(16)19)14-5-3-2-4-6-14/h2-10,12,16H,11H2,1H3,(H,21,22)/t16-/m1/s1. The monoisotopic (exact) mass is 319 g/mol. The van der Waals surface area contributed by atoms with Crippen LogP contribution in [0.1, 0.15) is 28.3 Å². The van der Waals surface area contributed by atoms with Gasteiger partial charge in [-0.15, -0.1) is 11.3 Å². The summed E-state index contributed by atoms with van der Waals surface area (Å²) in [6.45, 7) is 2.08. The van der Waals surface area contributed by atoms with Gasteiger partial charge in [0.2, 0.25) is 5.91 Å². The van der Waals surface area contributed by atoms with E-state index in [9.17, 15) is 4.79 Å². The molecule has 0 spiro atoms. The molecule has 1 aliphatic heterocycles. The number of carbonyl (C=O) groups is 1. The molecule has 1 aromatic heterocycles. The molecule has 0 unspecified atom stereocenters. The molecule has 3 heteroatoms. The first-order chi connectivity index (χ1) is 11.2. The predicted octanol–water partition coefficient (Wildman–Crippen LogP) is 5.20. The van der Waals surface area contributed by atoms with E-state index in [0.717, 1.165) is 16.8 Å². The van der Waals surface area contributed by atoms with Gasteiger partial charge in [-0.25, -0.2) is 0 Å². The number of hydrogen-bond donors (Lipinski definition) is 1. The Hall–Kier alpha value is -2.39. The SMILES string of the molecule is Cc1ccc([C@H]2CC(=O)Nc3c(-c4ccccc4)csc32)cc1. The van der Waals surface area contributed by atoms with Crippen LogP contribution in [-0.4, -0.2) is 5.91 Å². The van der Waals surface area contributed by atoms with Crippen molar-refractivity contribution in [1.82, 2.24) is 0 Å². The van der Waals surface area contributed by atoms with Crippen LogP contribution < -0.4 is 5.32 Å². The van der Waals surface area contributed by atoms with Gasteiger partial charge in [0.05, 0.1) is 5.69 Å². The van der Waals surface area contributed by atoms with Gasteiger partial charge >= 0.3 is 0 Å². The third-order valence-electron chi connectivity index (χ3n) is 4.35. The van der Waals surface area contributed by atoms with Crippen LogP contribution >= 0.6 is 11.3 Å². The summed E-state index contributed by atoms with van der Waals surface area (Å²) in [7, 11) is 0. The molecule has 0 saturated carbocycles. The van der Waals surface area contributed by atoms with E-state index in [0.29, 0.717) is 6.42 Å². The number of thiophene rings is 1. The fourth-order valence-corrected chi connectivity index (χ4v) is 4.29. The van der Waals surface area contributed by atoms with Crippen LogP contribution in [0.3, 0.4) is 0 Å². The molecule has 114 valence electrons. The Morgan fingerprint density at radius 1 is 1.04 bits per heavy atom. The summed E-state index contributed by atoms with van der Waals surface area (Å²) in [5.74, 6) is 0.250. The number of rotatable bonds is 2. The predicted molar refractivity (Wildman–Crippen MR) is 96.0 cm³/mol. The van der Waals surface area contributed by atoms with Crippen LogP contribution in [0.4, 0.5) is 5.69 Å². The third-order valence-corrected chi connectivity index (χ3v) is 5.45. The van der Waals surface area contributed by atoms with Gasteiger partial charge in [-0.1, -0.05) is 60.2 Å². The Balaban J connectivity index is 1.81. The molecule has 1 amide bonds. The Morgan fingerprint density at radius 2 is 1.78 bits per heavy atom. The molecule has 0 fully saturated rings. The highest BCUT2D eigenvalue weighted by Gasteiger charge is 2.30. The third kappa shape index (κ3) is 2.57. The average molecular weight is 319 g/mol. The van der Waals surface area contributed by atoms with Crippen molar-refractivity contribution in [3.05, 3.63) is 76.0 Å². The highest BCUT2D eigenvalue weighted by atomic mass is 32.1. The second kappa shape index (κ2) is 5.67. The highest BCUT2D eigenvalue weighted by molar-refractivity contribution is 7.11. The zero-order chi connectivity index (χ0) is 15.8. The molecule has 2 heterocycles. The molecule has 2 nitrogen and oxygen atoms in total. The van der Waals surface area contributed by atoms with Crippen LogP contribution in [0.5, 0.6) is 0 Å². The van der Waals surface area contributed by atoms with Crippen LogP contribution in [0, 0.1) is 6.92 Å². The number of nitrogens with one attached hydrogen (secondary N) is 1. The van der Waals surface area contributed by atoms with E-state index in [1.54, 1.807) is 11.3 Å². The Labute approximate surface area is 139 Å². The largest absolute Gasteiger partial charge is 0.325 e. The van der Waals surface area contributed by atoms with Gasteiger partial charge in [-0.05, 0) is 18.1 Å². The Morgan fingerprint density at radius 3 is 2.52 bits per heavy atom. The van der Waals surface area contributed by atoms with E-state index in [4.69, 9.17) is 0 Å². The summed E-state index contributed by atoms with van der Waals surface area (Å²) in [5.41, 5.74) is 5.71. The molecule has 0 saturated heterocycles. The number of amides is 1. The maximum absolute atomic E-state index is 12.3. The van der Waals surface area contributed by atoms with E-state index in [1.165, 1.54) is 16.0 Å². The lowest BCUT2D eigenvalue weighted by Crippen LogP contribution is -2.22. The van der Waals surface area contributed by atoms with Crippen LogP contribution in [0.2, 0.25) is 0 Å². The molecule has 2 aromatic carbocycles. The lowest BCUT2D eigenvalue weighted by molar-refractivity contribution is -0.116. The molecular formula is C20H17NOS. The fourth-order valence-electron chi connectivity index (χ4n) is 3.12. The van der Waals surface area contributed by atoms with E-state index in [-0.39, 0.29) is 11.8 Å². The van der Waals surface area contributed by atoms with Gasteiger partial charge in [0, 0.05) is 28.2 Å². The minimum absolute atomic E-state index is 0.0960. The highest BCUT2D eigenvalue weighted by Crippen LogP contribution is 2.46. The topological polar surface area (TPSA) is 29.1 Å². The van der Waals surface area contributed by atoms with Gasteiger partial charge in [-0.3, -0.25) is 4.79 Å². The van der Waals surface area contributed by atoms with Crippen LogP contribution in [0.15, 0.2) is 60.0 Å². The molecular weight excluding hydrogens is 302 g/mol. The van der Waals surface area contributed by atoms with Crippen molar-refractivity contribution in [2.24, 2.45) is 0 Å². The summed E-state index contributed by atoms with van der Waals surface area (Å²) >= 11 is 1.74. The number of fused-ring (bicyclic) bond motifs is 1. The molecule has 23 heavy (non-hydrogen) atoms. The lowest BCUT2D eigenvalue weighted by atomic mass is 9.89. The summed E-state index contributed by atoms with van der Waals surface area (Å²) in [4.78, 5) is 13.5. The molecule has 1 N–H and O–H groups in total. The first-order valence-electron chi connectivity index (χ1n) is 7.75. The van der Waals surface area contributed by atoms with Crippen LogP contribution in [-0.2, 0) is 4.79 Å². The zero-order valence-corrected chi connectivity index (χ0v) is 13.7. The van der Waals surface area contributed by atoms with Crippen molar-refractivity contribution in [3.63, 3.8) is 0 Å². The minimum atomic E-state index is 0.0960. The molecule has 0 bridgehead atoms. The number of carbonyl (C=O) groups excluding carboxylic acids is 1. The smallest absolute Gasteiger partial charge is 0.225 e. The fraction of sp³-hybridized carbons (Fsp3) is 0.150. The van der Waals surface area contributed by atoms with Crippen molar-refractivity contribution in [1.29, 1.82) is 0 Å².